The summed E-state index contributed by atoms with van der Waals surface area (Å²) in [5.74, 6) is -0.524. The molecule has 0 aromatic heterocycles. The van der Waals surface area contributed by atoms with Crippen LogP contribution in [0, 0.1) is 10.8 Å². The van der Waals surface area contributed by atoms with Crippen molar-refractivity contribution in [2.75, 3.05) is 19.8 Å². The minimum Gasteiger partial charge on any atom is -0.458 e. The molecule has 3 N–H and O–H groups in total. The lowest BCUT2D eigenvalue weighted by Gasteiger charge is -2.46. The Kier molecular flexibility index (Phi) is 13.3. The van der Waals surface area contributed by atoms with Crippen LogP contribution in [0.5, 0.6) is 0 Å². The normalized spacial score (nSPS) is 22.8. The fourth-order valence-corrected chi connectivity index (χ4v) is 4.80. The number of hydrogen-bond acceptors (Lipinski definition) is 8. The summed E-state index contributed by atoms with van der Waals surface area (Å²) in [6, 6.07) is -0.154. The highest BCUT2D eigenvalue weighted by Crippen LogP contribution is 2.45. The number of amides is 2. The zero-order chi connectivity index (χ0) is 29.1. The van der Waals surface area contributed by atoms with Gasteiger partial charge in [0.05, 0.1) is 6.61 Å². The Labute approximate surface area is 230 Å². The van der Waals surface area contributed by atoms with Crippen molar-refractivity contribution < 1.29 is 41.3 Å². The van der Waals surface area contributed by atoms with Crippen LogP contribution in [0.3, 0.4) is 0 Å². The molecule has 0 saturated heterocycles. The van der Waals surface area contributed by atoms with Crippen LogP contribution in [0.15, 0.2) is 24.3 Å². The molecule has 0 aromatic carbocycles. The molecule has 5 unspecified atom stereocenters. The first-order chi connectivity index (χ1) is 17.6. The molecule has 1 saturated carbocycles. The van der Waals surface area contributed by atoms with Gasteiger partial charge in [-0.05, 0) is 62.4 Å². The standard InChI is InChI=1S/C28H48N2O8.2H2/c1-10-21(14-35-23(31)18(3)4)37-25(33)29-17-28(9)13-20(12-27(7,8)16-28)30-26(34)38-22(11-2)15-36-24(32)19(5)6;;/h20-22,24,32H,3,5,10-17H2,1-2,4,6-9H3,(H,29,33)(H,30,34);2*1H. The Morgan fingerprint density at radius 2 is 1.58 bits per heavy atom. The van der Waals surface area contributed by atoms with Crippen LogP contribution in [0.2, 0.25) is 0 Å². The van der Waals surface area contributed by atoms with Gasteiger partial charge in [0.15, 0.2) is 6.29 Å². The van der Waals surface area contributed by atoms with E-state index in [0.717, 1.165) is 12.8 Å². The maximum absolute atomic E-state index is 12.7. The summed E-state index contributed by atoms with van der Waals surface area (Å²) in [5.41, 5.74) is 0.371. The lowest BCUT2D eigenvalue weighted by atomic mass is 9.62. The van der Waals surface area contributed by atoms with Crippen LogP contribution < -0.4 is 10.6 Å². The van der Waals surface area contributed by atoms with Gasteiger partial charge < -0.3 is 34.7 Å². The summed E-state index contributed by atoms with van der Waals surface area (Å²) in [7, 11) is 0. The number of aliphatic hydroxyl groups is 1. The van der Waals surface area contributed by atoms with Crippen molar-refractivity contribution in [3.05, 3.63) is 24.3 Å². The first-order valence-electron chi connectivity index (χ1n) is 13.3. The lowest BCUT2D eigenvalue weighted by molar-refractivity contribution is -0.142. The Morgan fingerprint density at radius 1 is 1.00 bits per heavy atom. The van der Waals surface area contributed by atoms with Crippen LogP contribution in [-0.2, 0) is 23.7 Å². The number of hydrogen-bond donors (Lipinski definition) is 3. The molecule has 0 heterocycles. The summed E-state index contributed by atoms with van der Waals surface area (Å²) >= 11 is 0. The van der Waals surface area contributed by atoms with E-state index in [4.69, 9.17) is 18.9 Å². The van der Waals surface area contributed by atoms with E-state index in [2.05, 4.69) is 44.6 Å². The summed E-state index contributed by atoms with van der Waals surface area (Å²) in [6.45, 7) is 20.8. The number of carbonyl (C=O) groups is 3. The average molecular weight is 545 g/mol. The van der Waals surface area contributed by atoms with Crippen LogP contribution in [0.25, 0.3) is 0 Å². The number of carbonyl (C=O) groups excluding carboxylic acids is 3. The van der Waals surface area contributed by atoms with Gasteiger partial charge in [-0.2, -0.15) is 0 Å². The van der Waals surface area contributed by atoms with E-state index >= 15 is 0 Å². The highest BCUT2D eigenvalue weighted by atomic mass is 16.6. The van der Waals surface area contributed by atoms with Crippen molar-refractivity contribution >= 4 is 18.2 Å². The number of rotatable bonds is 14. The molecule has 222 valence electrons. The second-order valence-electron chi connectivity index (χ2n) is 11.5. The van der Waals surface area contributed by atoms with Gasteiger partial charge in [0.2, 0.25) is 0 Å². The Bertz CT molecular complexity index is 854. The van der Waals surface area contributed by atoms with Crippen molar-refractivity contribution in [2.24, 2.45) is 10.8 Å². The predicted octanol–water partition coefficient (Wildman–Crippen LogP) is 5.10. The summed E-state index contributed by atoms with van der Waals surface area (Å²) in [4.78, 5) is 36.8. The molecule has 5 atom stereocenters. The highest BCUT2D eigenvalue weighted by molar-refractivity contribution is 5.86. The largest absolute Gasteiger partial charge is 0.458 e. The third kappa shape index (κ3) is 12.3. The second-order valence-corrected chi connectivity index (χ2v) is 11.5. The summed E-state index contributed by atoms with van der Waals surface area (Å²) < 4.78 is 21.4. The molecule has 0 spiro atoms. The van der Waals surface area contributed by atoms with Crippen LogP contribution in [0.1, 0.15) is 83.4 Å². The molecule has 0 aromatic rings. The van der Waals surface area contributed by atoms with E-state index in [1.165, 1.54) is 0 Å². The molecule has 1 fully saturated rings. The second kappa shape index (κ2) is 15.1. The fourth-order valence-electron chi connectivity index (χ4n) is 4.80. The topological polar surface area (TPSA) is 132 Å². The smallest absolute Gasteiger partial charge is 0.407 e. The molecule has 2 amide bonds. The van der Waals surface area contributed by atoms with Gasteiger partial charge in [0, 0.05) is 21.0 Å². The van der Waals surface area contributed by atoms with Crippen molar-refractivity contribution in [3.63, 3.8) is 0 Å². The quantitative estimate of drug-likeness (QED) is 0.0904. The van der Waals surface area contributed by atoms with E-state index in [1.54, 1.807) is 13.8 Å². The van der Waals surface area contributed by atoms with Gasteiger partial charge in [0.25, 0.3) is 0 Å². The van der Waals surface area contributed by atoms with Crippen LogP contribution in [0.4, 0.5) is 9.59 Å². The first-order valence-corrected chi connectivity index (χ1v) is 13.3. The minimum absolute atomic E-state index is 0. The van der Waals surface area contributed by atoms with E-state index in [-0.39, 0.29) is 38.5 Å². The maximum atomic E-state index is 12.7. The van der Waals surface area contributed by atoms with Gasteiger partial charge >= 0.3 is 18.2 Å². The van der Waals surface area contributed by atoms with E-state index in [0.29, 0.717) is 31.4 Å². The molecule has 1 aliphatic carbocycles. The van der Waals surface area contributed by atoms with E-state index in [9.17, 15) is 19.5 Å². The highest BCUT2D eigenvalue weighted by Gasteiger charge is 2.42. The summed E-state index contributed by atoms with van der Waals surface area (Å²) in [5, 5.41) is 15.6. The minimum atomic E-state index is -1.10. The third-order valence-corrected chi connectivity index (χ3v) is 6.49. The van der Waals surface area contributed by atoms with Gasteiger partial charge in [-0.15, -0.1) is 0 Å². The van der Waals surface area contributed by atoms with Gasteiger partial charge in [-0.1, -0.05) is 47.8 Å². The molecule has 38 heavy (non-hydrogen) atoms. The molecular weight excluding hydrogens is 492 g/mol. The Hall–Kier alpha value is -2.59. The van der Waals surface area contributed by atoms with Gasteiger partial charge in [-0.25, -0.2) is 14.4 Å². The first kappa shape index (κ1) is 33.4. The average Bonchev–Trinajstić information content (AvgIpc) is 2.80. The monoisotopic (exact) mass is 544 g/mol. The van der Waals surface area contributed by atoms with Crippen LogP contribution >= 0.6 is 0 Å². The molecule has 1 aliphatic rings. The number of nitrogens with one attached hydrogen (secondary N) is 2. The number of alkyl carbamates (subject to hydrolysis) is 2. The zero-order valence-electron chi connectivity index (χ0n) is 24.2. The summed E-state index contributed by atoms with van der Waals surface area (Å²) in [6.07, 6.45) is -0.0465. The van der Waals surface area contributed by atoms with Crippen molar-refractivity contribution in [2.45, 2.75) is 105 Å². The number of ether oxygens (including phenoxy) is 4. The van der Waals surface area contributed by atoms with Gasteiger partial charge in [0.1, 0.15) is 18.8 Å². The molecule has 0 aliphatic heterocycles. The lowest BCUT2D eigenvalue weighted by Crippen LogP contribution is -2.51. The Balaban J connectivity index is 0. The molecule has 10 heteroatoms. The Morgan fingerprint density at radius 3 is 2.13 bits per heavy atom. The molecule has 0 bridgehead atoms. The zero-order valence-corrected chi connectivity index (χ0v) is 24.2. The van der Waals surface area contributed by atoms with E-state index in [1.807, 2.05) is 13.8 Å². The van der Waals surface area contributed by atoms with Gasteiger partial charge in [-0.3, -0.25) is 0 Å². The van der Waals surface area contributed by atoms with Crippen molar-refractivity contribution in [1.29, 1.82) is 0 Å². The number of aliphatic hydroxyl groups excluding tert-OH is 1. The SMILES string of the molecule is C=C(C)C(=O)OCC(CC)OC(=O)NCC1(C)CC(NC(=O)OC(CC)COC(O)C(=C)C)CC(C)(C)C1.[HH].[HH]. The molecule has 0 radical (unpaired) electrons. The predicted molar refractivity (Wildman–Crippen MR) is 149 cm³/mol. The molecule has 10 nitrogen and oxygen atoms in total. The third-order valence-electron chi connectivity index (χ3n) is 6.49. The molecular formula is C28H52N2O8. The van der Waals surface area contributed by atoms with E-state index < -0.39 is 36.7 Å². The fraction of sp³-hybridized carbons (Fsp3) is 0.750. The van der Waals surface area contributed by atoms with Crippen molar-refractivity contribution in [1.82, 2.24) is 10.6 Å². The number of esters is 1. The van der Waals surface area contributed by atoms with Crippen molar-refractivity contribution in [3.8, 4) is 0 Å². The van der Waals surface area contributed by atoms with Crippen LogP contribution in [-0.4, -0.2) is 67.6 Å². The molecule has 1 rings (SSSR count). The maximum Gasteiger partial charge on any atom is 0.407 e.